The maximum atomic E-state index is 5.75. The molecule has 3 aromatic rings. The van der Waals surface area contributed by atoms with Crippen LogP contribution in [0, 0.1) is 0 Å². The van der Waals surface area contributed by atoms with Crippen molar-refractivity contribution < 1.29 is 0 Å². The van der Waals surface area contributed by atoms with Gasteiger partial charge in [-0.15, -0.1) is 0 Å². The number of fused-ring (bicyclic) bond motifs is 1. The van der Waals surface area contributed by atoms with Crippen LogP contribution in [-0.4, -0.2) is 26.1 Å². The van der Waals surface area contributed by atoms with Crippen molar-refractivity contribution >= 4 is 38.9 Å². The fourth-order valence-corrected chi connectivity index (χ4v) is 3.81. The largest absolute Gasteiger partial charge is 0.348 e. The maximum absolute atomic E-state index is 5.75. The Balaban J connectivity index is 1.65. The van der Waals surface area contributed by atoms with Gasteiger partial charge in [0.05, 0.1) is 6.04 Å². The molecule has 0 spiro atoms. The molecule has 1 aromatic carbocycles. The third-order valence-corrected chi connectivity index (χ3v) is 5.28. The summed E-state index contributed by atoms with van der Waals surface area (Å²) in [5.41, 5.74) is 3.43. The van der Waals surface area contributed by atoms with E-state index in [0.29, 0.717) is 0 Å². The van der Waals surface area contributed by atoms with Crippen LogP contribution in [0.1, 0.15) is 17.3 Å². The van der Waals surface area contributed by atoms with Gasteiger partial charge in [-0.05, 0) is 66.3 Å². The summed E-state index contributed by atoms with van der Waals surface area (Å²) >= 11 is 9.21. The van der Waals surface area contributed by atoms with Gasteiger partial charge in [0.1, 0.15) is 0 Å². The third-order valence-electron chi connectivity index (χ3n) is 4.42. The van der Waals surface area contributed by atoms with Gasteiger partial charge in [0.25, 0.3) is 0 Å². The molecule has 0 saturated carbocycles. The predicted octanol–water partition coefficient (Wildman–Crippen LogP) is 4.45. The first-order chi connectivity index (χ1) is 12.2. The molecule has 0 fully saturated rings. The van der Waals surface area contributed by atoms with Crippen molar-refractivity contribution in [1.29, 1.82) is 0 Å². The molecule has 1 aliphatic rings. The van der Waals surface area contributed by atoms with Crippen LogP contribution in [0.5, 0.6) is 0 Å². The number of aromatic nitrogens is 2. The molecule has 3 heterocycles. The van der Waals surface area contributed by atoms with Gasteiger partial charge in [-0.3, -0.25) is 4.98 Å². The van der Waals surface area contributed by atoms with Crippen LogP contribution >= 0.6 is 28.1 Å². The first-order valence-corrected chi connectivity index (χ1v) is 9.30. The molecule has 0 bridgehead atoms. The second-order valence-corrected chi connectivity index (χ2v) is 7.24. The Morgan fingerprint density at radius 3 is 2.60 bits per heavy atom. The van der Waals surface area contributed by atoms with Gasteiger partial charge in [-0.25, -0.2) is 0 Å². The number of nitrogens with zero attached hydrogens (tertiary/aromatic N) is 3. The molecule has 1 N–H and O–H groups in total. The summed E-state index contributed by atoms with van der Waals surface area (Å²) in [6.07, 6.45) is 5.80. The van der Waals surface area contributed by atoms with E-state index in [1.54, 1.807) is 0 Å². The highest BCUT2D eigenvalue weighted by atomic mass is 79.9. The Bertz CT molecular complexity index is 876. The fourth-order valence-electron chi connectivity index (χ4n) is 3.23. The number of thiocarbonyl (C=S) groups is 1. The van der Waals surface area contributed by atoms with Crippen LogP contribution in [0.15, 0.2) is 71.6 Å². The van der Waals surface area contributed by atoms with E-state index in [1.165, 1.54) is 11.3 Å². The van der Waals surface area contributed by atoms with E-state index in [4.69, 9.17) is 12.2 Å². The van der Waals surface area contributed by atoms with Crippen LogP contribution in [0.4, 0.5) is 5.69 Å². The molecule has 0 amide bonds. The summed E-state index contributed by atoms with van der Waals surface area (Å²) in [6.45, 7) is 1.78. The SMILES string of the molecule is S=C(Nc1ccc(Br)cc1)N1CCn2cccc2[C@@H]1c1ccncc1. The average molecular weight is 413 g/mol. The van der Waals surface area contributed by atoms with E-state index in [0.717, 1.165) is 28.4 Å². The molecule has 6 heteroatoms. The van der Waals surface area contributed by atoms with Crippen LogP contribution < -0.4 is 5.32 Å². The smallest absolute Gasteiger partial charge is 0.174 e. The van der Waals surface area contributed by atoms with E-state index in [1.807, 2.05) is 36.7 Å². The second-order valence-electron chi connectivity index (χ2n) is 5.94. The molecule has 0 unspecified atom stereocenters. The van der Waals surface area contributed by atoms with Gasteiger partial charge in [-0.2, -0.15) is 0 Å². The standard InChI is InChI=1S/C19H17BrN4S/c20-15-3-5-16(6-4-15)22-19(25)24-13-12-23-11-1-2-17(23)18(24)14-7-9-21-10-8-14/h1-11,18H,12-13H2,(H,22,25)/t18-/m0/s1. The summed E-state index contributed by atoms with van der Waals surface area (Å²) in [5, 5.41) is 4.11. The lowest BCUT2D eigenvalue weighted by atomic mass is 10.0. The van der Waals surface area contributed by atoms with Crippen molar-refractivity contribution in [3.8, 4) is 0 Å². The number of nitrogens with one attached hydrogen (secondary N) is 1. The monoisotopic (exact) mass is 412 g/mol. The molecule has 1 atom stereocenters. The van der Waals surface area contributed by atoms with E-state index in [9.17, 15) is 0 Å². The predicted molar refractivity (Wildman–Crippen MR) is 108 cm³/mol. The highest BCUT2D eigenvalue weighted by Crippen LogP contribution is 2.32. The fraction of sp³-hybridized carbons (Fsp3) is 0.158. The van der Waals surface area contributed by atoms with Crippen LogP contribution in [0.3, 0.4) is 0 Å². The second kappa shape index (κ2) is 6.98. The lowest BCUT2D eigenvalue weighted by Crippen LogP contribution is -2.44. The van der Waals surface area contributed by atoms with Crippen molar-refractivity contribution in [1.82, 2.24) is 14.5 Å². The Morgan fingerprint density at radius 2 is 1.84 bits per heavy atom. The summed E-state index contributed by atoms with van der Waals surface area (Å²) in [4.78, 5) is 6.40. The van der Waals surface area contributed by atoms with Gasteiger partial charge in [0.2, 0.25) is 0 Å². The molecule has 4 nitrogen and oxygen atoms in total. The molecular weight excluding hydrogens is 396 g/mol. The zero-order valence-corrected chi connectivity index (χ0v) is 15.9. The Morgan fingerprint density at radius 1 is 1.08 bits per heavy atom. The Kier molecular flexibility index (Phi) is 4.55. The van der Waals surface area contributed by atoms with Crippen LogP contribution in [-0.2, 0) is 6.54 Å². The summed E-state index contributed by atoms with van der Waals surface area (Å²) < 4.78 is 3.35. The van der Waals surface area contributed by atoms with Crippen molar-refractivity contribution in [2.45, 2.75) is 12.6 Å². The Labute approximate surface area is 160 Å². The molecule has 25 heavy (non-hydrogen) atoms. The number of benzene rings is 1. The number of anilines is 1. The summed E-state index contributed by atoms with van der Waals surface area (Å²) in [7, 11) is 0. The average Bonchev–Trinajstić information content (AvgIpc) is 3.12. The topological polar surface area (TPSA) is 33.1 Å². The summed E-state index contributed by atoms with van der Waals surface area (Å²) in [6, 6.07) is 16.5. The minimum absolute atomic E-state index is 0.0854. The molecule has 4 rings (SSSR count). The lowest BCUT2D eigenvalue weighted by molar-refractivity contribution is 0.293. The number of hydrogen-bond acceptors (Lipinski definition) is 2. The number of pyridine rings is 1. The summed E-state index contributed by atoms with van der Waals surface area (Å²) in [5.74, 6) is 0. The van der Waals surface area contributed by atoms with Gasteiger partial charge < -0.3 is 14.8 Å². The normalized spacial score (nSPS) is 16.4. The van der Waals surface area contributed by atoms with Crippen LogP contribution in [0.2, 0.25) is 0 Å². The molecular formula is C19H17BrN4S. The van der Waals surface area contributed by atoms with Crippen LogP contribution in [0.25, 0.3) is 0 Å². The first-order valence-electron chi connectivity index (χ1n) is 8.10. The van der Waals surface area contributed by atoms with Crippen molar-refractivity contribution in [3.05, 3.63) is 82.9 Å². The first kappa shape index (κ1) is 16.3. The maximum Gasteiger partial charge on any atom is 0.174 e. The number of halogens is 1. The quantitative estimate of drug-likeness (QED) is 0.630. The minimum atomic E-state index is 0.0854. The zero-order valence-electron chi connectivity index (χ0n) is 13.5. The minimum Gasteiger partial charge on any atom is -0.348 e. The molecule has 126 valence electrons. The van der Waals surface area contributed by atoms with E-state index < -0.39 is 0 Å². The zero-order chi connectivity index (χ0) is 17.2. The molecule has 1 aliphatic heterocycles. The third kappa shape index (κ3) is 3.32. The van der Waals surface area contributed by atoms with E-state index in [-0.39, 0.29) is 6.04 Å². The van der Waals surface area contributed by atoms with Gasteiger partial charge in [-0.1, -0.05) is 15.9 Å². The van der Waals surface area contributed by atoms with Gasteiger partial charge >= 0.3 is 0 Å². The van der Waals surface area contributed by atoms with Crippen molar-refractivity contribution in [3.63, 3.8) is 0 Å². The molecule has 0 radical (unpaired) electrons. The van der Waals surface area contributed by atoms with Gasteiger partial charge in [0, 0.05) is 47.5 Å². The number of hydrogen-bond donors (Lipinski definition) is 1. The molecule has 2 aromatic heterocycles. The van der Waals surface area contributed by atoms with Gasteiger partial charge in [0.15, 0.2) is 5.11 Å². The molecule has 0 aliphatic carbocycles. The van der Waals surface area contributed by atoms with E-state index in [2.05, 4.69) is 66.2 Å². The van der Waals surface area contributed by atoms with E-state index >= 15 is 0 Å². The van der Waals surface area contributed by atoms with Crippen molar-refractivity contribution in [2.75, 3.05) is 11.9 Å². The lowest BCUT2D eigenvalue weighted by Gasteiger charge is -2.39. The molecule has 0 saturated heterocycles. The number of rotatable bonds is 2. The Hall–Kier alpha value is -2.18. The highest BCUT2D eigenvalue weighted by molar-refractivity contribution is 9.10. The highest BCUT2D eigenvalue weighted by Gasteiger charge is 2.30. The van der Waals surface area contributed by atoms with Crippen molar-refractivity contribution in [2.24, 2.45) is 0 Å².